The lowest BCUT2D eigenvalue weighted by Gasteiger charge is -2.52. The van der Waals surface area contributed by atoms with E-state index in [1.165, 1.54) is 0 Å². The number of aliphatic hydroxyl groups is 25. The number of carboxylic acid groups (broad SMARTS) is 2. The van der Waals surface area contributed by atoms with E-state index in [-0.39, 0.29) is 0 Å². The summed E-state index contributed by atoms with van der Waals surface area (Å²) in [5.74, 6) is -5.76. The van der Waals surface area contributed by atoms with Crippen LogP contribution in [0.25, 0.3) is 0 Å². The van der Waals surface area contributed by atoms with Gasteiger partial charge in [0.2, 0.25) is 11.8 Å². The van der Waals surface area contributed by atoms with Crippen LogP contribution in [0.15, 0.2) is 0 Å². The van der Waals surface area contributed by atoms with Gasteiger partial charge in [0, 0.05) is 13.8 Å². The highest BCUT2D eigenvalue weighted by Gasteiger charge is 2.62. The average Bonchev–Trinajstić information content (AvgIpc) is 0.758. The zero-order valence-electron chi connectivity index (χ0n) is 56.6. The molecule has 0 aromatic carbocycles. The number of hydrogen-bond donors (Lipinski definition) is 29. The Bertz CT molecular complexity index is 2820. The summed E-state index contributed by atoms with van der Waals surface area (Å²) in [4.78, 5) is 49.7. The van der Waals surface area contributed by atoms with Crippen molar-refractivity contribution in [2.45, 2.75) is 291 Å². The molecule has 49 heteroatoms. The molecule has 0 unspecified atom stereocenters. The van der Waals surface area contributed by atoms with Crippen LogP contribution < -0.4 is 10.6 Å². The van der Waals surface area contributed by atoms with Gasteiger partial charge in [0.25, 0.3) is 0 Å². The molecule has 0 spiro atoms. The number of carbonyl (C=O) groups excluding carboxylic acids is 2. The molecule has 620 valence electrons. The van der Waals surface area contributed by atoms with Crippen LogP contribution in [0.5, 0.6) is 0 Å². The number of nitrogens with one attached hydrogen (secondary N) is 2. The summed E-state index contributed by atoms with van der Waals surface area (Å²) < 4.78 is 93.8. The first-order valence-electron chi connectivity index (χ1n) is 33.4. The number of aliphatic carboxylic acids is 2. The minimum absolute atomic E-state index is 0.893. The standard InChI is InChI=1S/C58H96N2O47/c1-11-22(71)27(76)33(82)52(92-11)107-48-47(106-57-38(87)44(26(75)18(8-65)95-57)103-55-35(84)29(78)31(80)46(105-55)50(90)91)41(20(10-67)97-58(48)98-39(23(72)15(70)5-62)14(4-61)59-12(2)68)100-53-36(85)32(81)40(19(9-66)96-53)99-51-21(60-13(3)69)42(24(73)16(6-63)93-51)101-56-37(86)43(25(74)17(7-64)94-56)102-54-34(83)28(77)30(79)45(104-54)49(88)89/h11,14-48,51-58,61-67,70-87H,4-10H2,1-3H3,(H,59,68)(H,60,69)(H,88,89)(H,90,91)/t11-,14-,15+,16+,17+,18+,19+,20+,21+,22+,23-,24-,25-,26-,27+,28-,29-,30-,31-,32+,33-,34+,35+,36+,37+,38+,39+,40-,41-,42+,43-,44-,45-,46-,47-,48+,51+,52-,53-,54+,55+,56-,57-,58-/m0/s1. The highest BCUT2D eigenvalue weighted by atomic mass is 16.8. The van der Waals surface area contributed by atoms with Gasteiger partial charge in [-0.15, -0.1) is 0 Å². The molecule has 0 aromatic rings. The molecule has 8 rings (SSSR count). The van der Waals surface area contributed by atoms with Crippen molar-refractivity contribution in [3.05, 3.63) is 0 Å². The van der Waals surface area contributed by atoms with Crippen LogP contribution in [-0.2, 0) is 95.0 Å². The van der Waals surface area contributed by atoms with E-state index in [1.807, 2.05) is 0 Å². The Morgan fingerprint density at radius 1 is 0.346 bits per heavy atom. The van der Waals surface area contributed by atoms with Crippen molar-refractivity contribution in [2.24, 2.45) is 0 Å². The maximum absolute atomic E-state index is 13.1. The molecule has 8 fully saturated rings. The Hall–Kier alpha value is -3.76. The van der Waals surface area contributed by atoms with Crippen LogP contribution in [0.1, 0.15) is 20.8 Å². The number of carbonyl (C=O) groups is 4. The van der Waals surface area contributed by atoms with Crippen LogP contribution >= 0.6 is 0 Å². The zero-order chi connectivity index (χ0) is 79.4. The minimum Gasteiger partial charge on any atom is -0.479 e. The van der Waals surface area contributed by atoms with Crippen molar-refractivity contribution in [3.63, 3.8) is 0 Å². The minimum atomic E-state index is -2.62. The van der Waals surface area contributed by atoms with E-state index >= 15 is 0 Å². The molecule has 8 aliphatic heterocycles. The predicted octanol–water partition coefficient (Wildman–Crippen LogP) is -19.5. The molecule has 8 aliphatic rings. The van der Waals surface area contributed by atoms with Gasteiger partial charge in [0.05, 0.1) is 58.4 Å². The third-order valence-electron chi connectivity index (χ3n) is 19.1. The number of aliphatic hydroxyl groups excluding tert-OH is 25. The van der Waals surface area contributed by atoms with Crippen molar-refractivity contribution >= 4 is 23.8 Å². The third kappa shape index (κ3) is 19.4. The topological polar surface area (TPSA) is 786 Å². The molecule has 0 radical (unpaired) electrons. The van der Waals surface area contributed by atoms with E-state index in [0.29, 0.717) is 0 Å². The third-order valence-corrected chi connectivity index (χ3v) is 19.1. The number of hydrogen-bond acceptors (Lipinski definition) is 45. The zero-order valence-corrected chi connectivity index (χ0v) is 56.6. The SMILES string of the molecule is CC(=O)N[C@H]1[C@@H](O[C@@H]2[C@H](O)[C@@H](O)[C@H](O[C@@H]3[C@H](O[C@@H]4O[C@H](CO)[C@H](O)[C@H](O[C@@H]5O[C@H](C(=O)O)[C@@H](O)[C@H](O)[C@H]5O)[C@H]4O)[C@@H](O[C@@H]4O[C@@H](C)[C@@H](O)[C@@H](O)[C@@H]4O)[C@H](O[C@@H]([C@@H](O)[C@H](O)CO)[C@H](CO)NC(C)=O)O[C@@H]3CO)O[C@@H]2CO)O[C@H](CO)[C@H](O)[C@@H]1O[C@@H]1O[C@H](CO)[C@H](O)[C@H](O[C@@H]2O[C@H](C(=O)O)[C@@H](O)[C@H](O)[C@H]2O)[C@H]1O. The van der Waals surface area contributed by atoms with Gasteiger partial charge in [-0.1, -0.05) is 0 Å². The Kier molecular flexibility index (Phi) is 31.9. The fourth-order valence-electron chi connectivity index (χ4n) is 13.2. The normalized spacial score (nSPS) is 47.6. The van der Waals surface area contributed by atoms with Crippen LogP contribution in [0.4, 0.5) is 0 Å². The van der Waals surface area contributed by atoms with E-state index in [2.05, 4.69) is 10.6 Å². The first-order chi connectivity index (χ1) is 50.4. The lowest BCUT2D eigenvalue weighted by atomic mass is 9.93. The Morgan fingerprint density at radius 3 is 1.14 bits per heavy atom. The molecule has 49 nitrogen and oxygen atoms in total. The van der Waals surface area contributed by atoms with Crippen molar-refractivity contribution in [1.82, 2.24) is 10.6 Å². The quantitative estimate of drug-likeness (QED) is 0.0318. The maximum Gasteiger partial charge on any atom is 0.335 e. The molecule has 0 bridgehead atoms. The highest BCUT2D eigenvalue weighted by molar-refractivity contribution is 5.74. The van der Waals surface area contributed by atoms with E-state index in [1.54, 1.807) is 0 Å². The van der Waals surface area contributed by atoms with Crippen LogP contribution in [0.3, 0.4) is 0 Å². The predicted molar refractivity (Wildman–Crippen MR) is 322 cm³/mol. The first-order valence-corrected chi connectivity index (χ1v) is 33.4. The summed E-state index contributed by atoms with van der Waals surface area (Å²) in [5, 5.41) is 300. The van der Waals surface area contributed by atoms with Crippen LogP contribution in [0, 0.1) is 0 Å². The van der Waals surface area contributed by atoms with Gasteiger partial charge in [-0.25, -0.2) is 9.59 Å². The van der Waals surface area contributed by atoms with Crippen LogP contribution in [0.2, 0.25) is 0 Å². The molecular formula is C58H96N2O47. The molecule has 8 heterocycles. The Morgan fingerprint density at radius 2 is 0.701 bits per heavy atom. The molecule has 8 saturated heterocycles. The second-order valence-electron chi connectivity index (χ2n) is 26.5. The summed E-state index contributed by atoms with van der Waals surface area (Å²) in [7, 11) is 0. The van der Waals surface area contributed by atoms with E-state index in [9.17, 15) is 157 Å². The van der Waals surface area contributed by atoms with Gasteiger partial charge >= 0.3 is 11.9 Å². The molecule has 29 N–H and O–H groups in total. The highest BCUT2D eigenvalue weighted by Crippen LogP contribution is 2.41. The summed E-state index contributed by atoms with van der Waals surface area (Å²) in [6, 6.07) is -3.86. The monoisotopic (exact) mass is 1570 g/mol. The van der Waals surface area contributed by atoms with Gasteiger partial charge in [0.15, 0.2) is 62.5 Å². The van der Waals surface area contributed by atoms with Crippen molar-refractivity contribution in [1.29, 1.82) is 0 Å². The van der Waals surface area contributed by atoms with Crippen molar-refractivity contribution in [3.8, 4) is 0 Å². The molecule has 44 atom stereocenters. The molecule has 0 aromatic heterocycles. The molecule has 0 saturated carbocycles. The summed E-state index contributed by atoms with van der Waals surface area (Å²) in [6.45, 7) is -5.82. The summed E-state index contributed by atoms with van der Waals surface area (Å²) >= 11 is 0. The van der Waals surface area contributed by atoms with Gasteiger partial charge in [-0.05, 0) is 6.92 Å². The largest absolute Gasteiger partial charge is 0.479 e. The lowest BCUT2D eigenvalue weighted by molar-refractivity contribution is -0.418. The maximum atomic E-state index is 13.1. The molecule has 107 heavy (non-hydrogen) atoms. The average molecular weight is 1570 g/mol. The number of amides is 2. The molecule has 0 aliphatic carbocycles. The summed E-state index contributed by atoms with van der Waals surface area (Å²) in [5.41, 5.74) is 0. The van der Waals surface area contributed by atoms with E-state index in [4.69, 9.17) is 75.8 Å². The van der Waals surface area contributed by atoms with Crippen molar-refractivity contribution < 1.29 is 233 Å². The lowest BCUT2D eigenvalue weighted by Crippen LogP contribution is -2.71. The second kappa shape index (κ2) is 38.4. The Balaban J connectivity index is 1.16. The number of rotatable bonds is 30. The number of carboxylic acids is 2. The molecular weight excluding hydrogens is 1480 g/mol. The number of ether oxygens (including phenoxy) is 16. The van der Waals surface area contributed by atoms with Gasteiger partial charge in [0.1, 0.15) is 195 Å². The van der Waals surface area contributed by atoms with Crippen LogP contribution in [-0.4, -0.2) is 478 Å². The summed E-state index contributed by atoms with van der Waals surface area (Å²) in [6.07, 6.45) is -95.6. The fraction of sp³-hybridized carbons (Fsp3) is 0.931. The van der Waals surface area contributed by atoms with Gasteiger partial charge < -0.3 is 224 Å². The fourth-order valence-corrected chi connectivity index (χ4v) is 13.2. The smallest absolute Gasteiger partial charge is 0.335 e. The van der Waals surface area contributed by atoms with Gasteiger partial charge in [-0.3, -0.25) is 9.59 Å². The Labute approximate surface area is 603 Å². The first kappa shape index (κ1) is 88.8. The van der Waals surface area contributed by atoms with E-state index < -0.39 is 340 Å². The van der Waals surface area contributed by atoms with Gasteiger partial charge in [-0.2, -0.15) is 0 Å². The molecule has 2 amide bonds. The second-order valence-corrected chi connectivity index (χ2v) is 26.5. The van der Waals surface area contributed by atoms with Crippen molar-refractivity contribution in [2.75, 3.05) is 46.2 Å². The van der Waals surface area contributed by atoms with E-state index in [0.717, 1.165) is 20.8 Å².